The zero-order valence-electron chi connectivity index (χ0n) is 23.7. The van der Waals surface area contributed by atoms with Crippen molar-refractivity contribution in [1.82, 2.24) is 0 Å². The van der Waals surface area contributed by atoms with Gasteiger partial charge in [0, 0.05) is 17.1 Å². The molecule has 0 atom stereocenters. The SMILES string of the molecule is c1ccc(N(c2ccccc2)c2ccc(-c3ccc4cc(-c5ccc6c(ccc7ccccc76)c5)ccc4c3)cc2)cc1. The summed E-state index contributed by atoms with van der Waals surface area (Å²) in [5, 5.41) is 7.65. The van der Waals surface area contributed by atoms with Crippen molar-refractivity contribution in [2.75, 3.05) is 4.90 Å². The molecule has 0 radical (unpaired) electrons. The van der Waals surface area contributed by atoms with E-state index >= 15 is 0 Å². The van der Waals surface area contributed by atoms with Crippen LogP contribution >= 0.6 is 0 Å². The van der Waals surface area contributed by atoms with E-state index in [1.807, 2.05) is 0 Å². The van der Waals surface area contributed by atoms with Crippen LogP contribution in [0.5, 0.6) is 0 Å². The Morgan fingerprint density at radius 1 is 0.256 bits per heavy atom. The molecular weight excluding hydrogens is 518 g/mol. The van der Waals surface area contributed by atoms with E-state index < -0.39 is 0 Å². The smallest absolute Gasteiger partial charge is 0.0462 e. The quantitative estimate of drug-likeness (QED) is 0.194. The van der Waals surface area contributed by atoms with Crippen molar-refractivity contribution in [2.24, 2.45) is 0 Å². The molecule has 1 nitrogen and oxygen atoms in total. The summed E-state index contributed by atoms with van der Waals surface area (Å²) in [5.74, 6) is 0. The molecule has 0 aliphatic carbocycles. The number of anilines is 3. The minimum Gasteiger partial charge on any atom is -0.311 e. The van der Waals surface area contributed by atoms with Crippen LogP contribution in [0.1, 0.15) is 0 Å². The lowest BCUT2D eigenvalue weighted by atomic mass is 9.95. The lowest BCUT2D eigenvalue weighted by Gasteiger charge is -2.25. The number of rotatable bonds is 5. The van der Waals surface area contributed by atoms with Crippen LogP contribution in [0, 0.1) is 0 Å². The second-order valence-corrected chi connectivity index (χ2v) is 11.1. The van der Waals surface area contributed by atoms with Crippen molar-refractivity contribution in [2.45, 2.75) is 0 Å². The number of nitrogens with zero attached hydrogens (tertiary/aromatic N) is 1. The summed E-state index contributed by atoms with van der Waals surface area (Å²) < 4.78 is 0. The van der Waals surface area contributed by atoms with E-state index in [0.717, 1.165) is 17.1 Å². The average molecular weight is 548 g/mol. The number of benzene rings is 8. The first-order chi connectivity index (χ1) is 21.3. The Kier molecular flexibility index (Phi) is 6.20. The van der Waals surface area contributed by atoms with Crippen molar-refractivity contribution >= 4 is 49.4 Å². The van der Waals surface area contributed by atoms with E-state index in [1.54, 1.807) is 0 Å². The van der Waals surface area contributed by atoms with Gasteiger partial charge in [-0.2, -0.15) is 0 Å². The van der Waals surface area contributed by atoms with Crippen LogP contribution in [-0.4, -0.2) is 0 Å². The van der Waals surface area contributed by atoms with Gasteiger partial charge in [-0.1, -0.05) is 121 Å². The predicted molar refractivity (Wildman–Crippen MR) is 185 cm³/mol. The summed E-state index contributed by atoms with van der Waals surface area (Å²) in [7, 11) is 0. The van der Waals surface area contributed by atoms with Gasteiger partial charge in [0.1, 0.15) is 0 Å². The van der Waals surface area contributed by atoms with E-state index in [9.17, 15) is 0 Å². The molecule has 43 heavy (non-hydrogen) atoms. The highest BCUT2D eigenvalue weighted by Gasteiger charge is 2.12. The molecule has 0 saturated carbocycles. The van der Waals surface area contributed by atoms with Crippen LogP contribution in [0.2, 0.25) is 0 Å². The molecule has 0 amide bonds. The first kappa shape index (κ1) is 25.1. The van der Waals surface area contributed by atoms with Crippen molar-refractivity contribution in [3.05, 3.63) is 176 Å². The van der Waals surface area contributed by atoms with Crippen LogP contribution in [0.25, 0.3) is 54.6 Å². The molecule has 1 heteroatoms. The van der Waals surface area contributed by atoms with E-state index in [0.29, 0.717) is 0 Å². The van der Waals surface area contributed by atoms with Gasteiger partial charge in [-0.15, -0.1) is 0 Å². The number of fused-ring (bicyclic) bond motifs is 4. The van der Waals surface area contributed by atoms with Crippen LogP contribution in [0.4, 0.5) is 17.1 Å². The Balaban J connectivity index is 1.10. The molecule has 0 aliphatic heterocycles. The van der Waals surface area contributed by atoms with E-state index in [1.165, 1.54) is 54.6 Å². The van der Waals surface area contributed by atoms with Gasteiger partial charge in [-0.25, -0.2) is 0 Å². The first-order valence-corrected chi connectivity index (χ1v) is 14.8. The summed E-state index contributed by atoms with van der Waals surface area (Å²) in [4.78, 5) is 2.29. The van der Waals surface area contributed by atoms with Crippen molar-refractivity contribution in [3.63, 3.8) is 0 Å². The van der Waals surface area contributed by atoms with Crippen molar-refractivity contribution < 1.29 is 0 Å². The summed E-state index contributed by atoms with van der Waals surface area (Å²) in [5.41, 5.74) is 8.32. The van der Waals surface area contributed by atoms with Gasteiger partial charge in [-0.05, 0) is 109 Å². The minimum atomic E-state index is 1.13. The molecule has 0 bridgehead atoms. The largest absolute Gasteiger partial charge is 0.311 e. The van der Waals surface area contributed by atoms with E-state index in [2.05, 4.69) is 181 Å². The Morgan fingerprint density at radius 2 is 0.674 bits per heavy atom. The molecule has 0 saturated heterocycles. The maximum Gasteiger partial charge on any atom is 0.0462 e. The predicted octanol–water partition coefficient (Wildman–Crippen LogP) is 11.9. The molecular formula is C42H29N. The zero-order valence-corrected chi connectivity index (χ0v) is 23.7. The van der Waals surface area contributed by atoms with E-state index in [4.69, 9.17) is 0 Å². The molecule has 0 fully saturated rings. The number of hydrogen-bond donors (Lipinski definition) is 0. The van der Waals surface area contributed by atoms with Gasteiger partial charge >= 0.3 is 0 Å². The Morgan fingerprint density at radius 3 is 1.33 bits per heavy atom. The van der Waals surface area contributed by atoms with Crippen LogP contribution < -0.4 is 4.90 Å². The Labute approximate surface area is 251 Å². The average Bonchev–Trinajstić information content (AvgIpc) is 3.09. The molecule has 0 heterocycles. The first-order valence-electron chi connectivity index (χ1n) is 14.8. The highest BCUT2D eigenvalue weighted by atomic mass is 15.1. The molecule has 0 aliphatic rings. The van der Waals surface area contributed by atoms with Crippen LogP contribution in [0.3, 0.4) is 0 Å². The van der Waals surface area contributed by atoms with Crippen LogP contribution in [-0.2, 0) is 0 Å². The van der Waals surface area contributed by atoms with Gasteiger partial charge < -0.3 is 4.90 Å². The molecule has 0 aromatic heterocycles. The van der Waals surface area contributed by atoms with Gasteiger partial charge in [0.2, 0.25) is 0 Å². The molecule has 8 aromatic rings. The summed E-state index contributed by atoms with van der Waals surface area (Å²) >= 11 is 0. The normalized spacial score (nSPS) is 11.3. The molecule has 8 rings (SSSR count). The van der Waals surface area contributed by atoms with Gasteiger partial charge in [0.15, 0.2) is 0 Å². The third kappa shape index (κ3) is 4.71. The highest BCUT2D eigenvalue weighted by Crippen LogP contribution is 2.36. The molecule has 8 aromatic carbocycles. The minimum absolute atomic E-state index is 1.13. The fourth-order valence-electron chi connectivity index (χ4n) is 6.20. The maximum atomic E-state index is 2.31. The second-order valence-electron chi connectivity index (χ2n) is 11.1. The third-order valence-electron chi connectivity index (χ3n) is 8.41. The van der Waals surface area contributed by atoms with E-state index in [-0.39, 0.29) is 0 Å². The van der Waals surface area contributed by atoms with Gasteiger partial charge in [0.25, 0.3) is 0 Å². The molecule has 0 spiro atoms. The molecule has 202 valence electrons. The summed E-state index contributed by atoms with van der Waals surface area (Å²) in [6, 6.07) is 63.4. The van der Waals surface area contributed by atoms with Gasteiger partial charge in [-0.3, -0.25) is 0 Å². The maximum absolute atomic E-state index is 2.31. The van der Waals surface area contributed by atoms with Crippen LogP contribution in [0.15, 0.2) is 176 Å². The van der Waals surface area contributed by atoms with Gasteiger partial charge in [0.05, 0.1) is 0 Å². The lowest BCUT2D eigenvalue weighted by molar-refractivity contribution is 1.28. The highest BCUT2D eigenvalue weighted by molar-refractivity contribution is 6.08. The topological polar surface area (TPSA) is 3.24 Å². The van der Waals surface area contributed by atoms with Crippen molar-refractivity contribution in [1.29, 1.82) is 0 Å². The lowest BCUT2D eigenvalue weighted by Crippen LogP contribution is -2.09. The summed E-state index contributed by atoms with van der Waals surface area (Å²) in [6.45, 7) is 0. The zero-order chi connectivity index (χ0) is 28.6. The summed E-state index contributed by atoms with van der Waals surface area (Å²) in [6.07, 6.45) is 0. The standard InChI is InChI=1S/C42H29N/c1-3-10-38(11-4-1)43(39-12-5-2-6-13-39)40-24-21-30(22-25-40)32-16-17-34-28-35(19-18-33(34)27-32)36-23-26-42-37(29-36)20-15-31-9-7-8-14-41(31)42/h1-29H. The number of hydrogen-bond acceptors (Lipinski definition) is 1. The Bertz CT molecular complexity index is 2180. The monoisotopic (exact) mass is 547 g/mol. The number of para-hydroxylation sites is 2. The molecule has 0 unspecified atom stereocenters. The fraction of sp³-hybridized carbons (Fsp3) is 0. The molecule has 0 N–H and O–H groups in total. The Hall–Kier alpha value is -5.66. The van der Waals surface area contributed by atoms with Crippen molar-refractivity contribution in [3.8, 4) is 22.3 Å². The third-order valence-corrected chi connectivity index (χ3v) is 8.41. The fourth-order valence-corrected chi connectivity index (χ4v) is 6.20. The second kappa shape index (κ2) is 10.6.